The number of nitrogens with zero attached hydrogens (tertiary/aromatic N) is 1. The van der Waals surface area contributed by atoms with Crippen LogP contribution < -0.4 is 10.2 Å². The summed E-state index contributed by atoms with van der Waals surface area (Å²) in [6.45, 7) is 2.20. The van der Waals surface area contributed by atoms with Crippen molar-refractivity contribution in [3.8, 4) is 0 Å². The molecule has 27 heavy (non-hydrogen) atoms. The minimum absolute atomic E-state index is 0.0325. The van der Waals surface area contributed by atoms with E-state index in [1.807, 2.05) is 24.3 Å². The molecule has 3 rings (SSSR count). The Balaban J connectivity index is 1.75. The number of hydrogen-bond acceptors (Lipinski definition) is 5. The predicted molar refractivity (Wildman–Crippen MR) is 103 cm³/mol. The molecule has 0 fully saturated rings. The lowest BCUT2D eigenvalue weighted by Gasteiger charge is -2.29. The first kappa shape index (κ1) is 19.4. The first-order chi connectivity index (χ1) is 13.0. The largest absolute Gasteiger partial charge is 0.468 e. The minimum atomic E-state index is -0.840. The number of amides is 1. The molecule has 1 heterocycles. The molecule has 0 unspecified atom stereocenters. The van der Waals surface area contributed by atoms with E-state index in [0.717, 1.165) is 16.3 Å². The summed E-state index contributed by atoms with van der Waals surface area (Å²) in [4.78, 5) is 27.8. The van der Waals surface area contributed by atoms with E-state index in [4.69, 9.17) is 4.74 Å². The smallest absolute Gasteiger partial charge is 0.327 e. The van der Waals surface area contributed by atoms with Crippen molar-refractivity contribution in [3.63, 3.8) is 0 Å². The van der Waals surface area contributed by atoms with Crippen LogP contribution in [-0.2, 0) is 14.3 Å². The lowest BCUT2D eigenvalue weighted by atomic mass is 10.0. The number of carbonyl (C=O) groups excluding carboxylic acids is 2. The number of thioether (sulfide) groups is 1. The van der Waals surface area contributed by atoms with E-state index in [-0.39, 0.29) is 18.3 Å². The molecule has 5 nitrogen and oxygen atoms in total. The van der Waals surface area contributed by atoms with Crippen molar-refractivity contribution >= 4 is 29.3 Å². The number of para-hydroxylation sites is 1. The molecule has 0 saturated heterocycles. The topological polar surface area (TPSA) is 58.6 Å². The molecule has 1 amide bonds. The third kappa shape index (κ3) is 4.31. The zero-order chi connectivity index (χ0) is 19.4. The highest BCUT2D eigenvalue weighted by molar-refractivity contribution is 7.99. The molecule has 7 heteroatoms. The van der Waals surface area contributed by atoms with Gasteiger partial charge in [-0.2, -0.15) is 0 Å². The average Bonchev–Trinajstić information content (AvgIpc) is 2.69. The van der Waals surface area contributed by atoms with Crippen LogP contribution in [0.25, 0.3) is 0 Å². The van der Waals surface area contributed by atoms with E-state index in [9.17, 15) is 14.0 Å². The summed E-state index contributed by atoms with van der Waals surface area (Å²) in [5, 5.41) is 2.97. The maximum absolute atomic E-state index is 13.5. The number of aryl methyl sites for hydroxylation is 1. The second-order valence-electron chi connectivity index (χ2n) is 6.21. The van der Waals surface area contributed by atoms with Gasteiger partial charge in [0.1, 0.15) is 11.9 Å². The number of fused-ring (bicyclic) bond motifs is 1. The summed E-state index contributed by atoms with van der Waals surface area (Å²) in [7, 11) is 1.29. The number of anilines is 1. The maximum atomic E-state index is 13.5. The summed E-state index contributed by atoms with van der Waals surface area (Å²) in [6, 6.07) is 11.3. The highest BCUT2D eigenvalue weighted by atomic mass is 32.2. The Morgan fingerprint density at radius 2 is 2.07 bits per heavy atom. The molecule has 0 aliphatic carbocycles. The van der Waals surface area contributed by atoms with Gasteiger partial charge in [0.05, 0.1) is 19.3 Å². The van der Waals surface area contributed by atoms with Gasteiger partial charge >= 0.3 is 5.97 Å². The molecule has 1 N–H and O–H groups in total. The monoisotopic (exact) mass is 388 g/mol. The van der Waals surface area contributed by atoms with Crippen LogP contribution in [0.15, 0.2) is 47.4 Å². The number of rotatable bonds is 5. The van der Waals surface area contributed by atoms with Crippen LogP contribution in [0.4, 0.5) is 10.1 Å². The van der Waals surface area contributed by atoms with E-state index in [1.54, 1.807) is 29.7 Å². The summed E-state index contributed by atoms with van der Waals surface area (Å²) >= 11 is 1.72. The highest BCUT2D eigenvalue weighted by Crippen LogP contribution is 2.34. The van der Waals surface area contributed by atoms with Gasteiger partial charge in [-0.25, -0.2) is 9.18 Å². The van der Waals surface area contributed by atoms with Crippen molar-refractivity contribution in [3.05, 3.63) is 59.4 Å². The van der Waals surface area contributed by atoms with Gasteiger partial charge in [0.15, 0.2) is 0 Å². The van der Waals surface area contributed by atoms with Crippen molar-refractivity contribution in [1.82, 2.24) is 5.32 Å². The second-order valence-corrected chi connectivity index (χ2v) is 7.34. The molecule has 1 aliphatic heterocycles. The fourth-order valence-corrected chi connectivity index (χ4v) is 4.01. The first-order valence-electron chi connectivity index (χ1n) is 8.60. The molecular formula is C20H21FN2O3S. The summed E-state index contributed by atoms with van der Waals surface area (Å²) in [6.07, 6.45) is 0. The first-order valence-corrected chi connectivity index (χ1v) is 9.59. The number of halogens is 1. The number of nitrogens with one attached hydrogen (secondary N) is 1. The molecule has 0 bridgehead atoms. The molecule has 142 valence electrons. The van der Waals surface area contributed by atoms with E-state index < -0.39 is 12.0 Å². The van der Waals surface area contributed by atoms with Crippen molar-refractivity contribution < 1.29 is 18.7 Å². The Bertz CT molecular complexity index is 859. The Morgan fingerprint density at radius 3 is 2.81 bits per heavy atom. The van der Waals surface area contributed by atoms with E-state index in [0.29, 0.717) is 17.7 Å². The summed E-state index contributed by atoms with van der Waals surface area (Å²) in [5.41, 5.74) is 1.87. The summed E-state index contributed by atoms with van der Waals surface area (Å²) < 4.78 is 18.4. The standard InChI is InChI=1S/C20H21FN2O3S/c1-13-11-14(7-8-15(13)21)19(20(25)26-2)22-12-18(24)23-9-10-27-17-6-4-3-5-16(17)23/h3-8,11,19,22H,9-10,12H2,1-2H3/t19-/m1/s1. The van der Waals surface area contributed by atoms with Gasteiger partial charge in [0.2, 0.25) is 5.91 Å². The number of carbonyl (C=O) groups is 2. The molecular weight excluding hydrogens is 367 g/mol. The fourth-order valence-electron chi connectivity index (χ4n) is 3.02. The Kier molecular flexibility index (Phi) is 6.13. The van der Waals surface area contributed by atoms with Crippen LogP contribution in [0, 0.1) is 12.7 Å². The van der Waals surface area contributed by atoms with E-state index in [1.165, 1.54) is 19.2 Å². The number of ether oxygens (including phenoxy) is 1. The van der Waals surface area contributed by atoms with Crippen molar-refractivity contribution in [2.24, 2.45) is 0 Å². The predicted octanol–water partition coefficient (Wildman–Crippen LogP) is 3.08. The highest BCUT2D eigenvalue weighted by Gasteiger charge is 2.26. The number of hydrogen-bond donors (Lipinski definition) is 1. The van der Waals surface area contributed by atoms with Gasteiger partial charge in [-0.3, -0.25) is 10.1 Å². The molecule has 2 aromatic rings. The molecule has 0 radical (unpaired) electrons. The third-order valence-corrected chi connectivity index (χ3v) is 5.48. The SMILES string of the molecule is COC(=O)[C@H](NCC(=O)N1CCSc2ccccc21)c1ccc(F)c(C)c1. The van der Waals surface area contributed by atoms with E-state index >= 15 is 0 Å². The Morgan fingerprint density at radius 1 is 1.30 bits per heavy atom. The summed E-state index contributed by atoms with van der Waals surface area (Å²) in [5.74, 6) is -0.180. The fraction of sp³-hybridized carbons (Fsp3) is 0.300. The van der Waals surface area contributed by atoms with Crippen molar-refractivity contribution in [1.29, 1.82) is 0 Å². The zero-order valence-corrected chi connectivity index (χ0v) is 16.0. The molecule has 0 spiro atoms. The third-order valence-electron chi connectivity index (χ3n) is 4.44. The minimum Gasteiger partial charge on any atom is -0.468 e. The molecule has 0 aromatic heterocycles. The van der Waals surface area contributed by atoms with Gasteiger partial charge in [0.25, 0.3) is 0 Å². The average molecular weight is 388 g/mol. The zero-order valence-electron chi connectivity index (χ0n) is 15.2. The lowest BCUT2D eigenvalue weighted by molar-refractivity contribution is -0.143. The molecule has 0 saturated carbocycles. The normalized spacial score (nSPS) is 14.4. The lowest BCUT2D eigenvalue weighted by Crippen LogP contribution is -2.43. The maximum Gasteiger partial charge on any atom is 0.327 e. The molecule has 1 aliphatic rings. The quantitative estimate of drug-likeness (QED) is 0.798. The van der Waals surface area contributed by atoms with Gasteiger partial charge in [-0.1, -0.05) is 24.3 Å². The van der Waals surface area contributed by atoms with Crippen LogP contribution in [-0.4, -0.2) is 37.8 Å². The van der Waals surface area contributed by atoms with Crippen molar-refractivity contribution in [2.75, 3.05) is 30.9 Å². The Labute approximate surface area is 161 Å². The number of methoxy groups -OCH3 is 1. The Hall–Kier alpha value is -2.38. The van der Waals surface area contributed by atoms with Gasteiger partial charge in [-0.15, -0.1) is 11.8 Å². The van der Waals surface area contributed by atoms with Gasteiger partial charge in [-0.05, 0) is 36.2 Å². The van der Waals surface area contributed by atoms with Crippen LogP contribution in [0.2, 0.25) is 0 Å². The van der Waals surface area contributed by atoms with Crippen LogP contribution in [0.5, 0.6) is 0 Å². The molecule has 1 atom stereocenters. The van der Waals surface area contributed by atoms with Crippen molar-refractivity contribution in [2.45, 2.75) is 17.9 Å². The van der Waals surface area contributed by atoms with Crippen LogP contribution in [0.1, 0.15) is 17.2 Å². The van der Waals surface area contributed by atoms with Crippen LogP contribution >= 0.6 is 11.8 Å². The van der Waals surface area contributed by atoms with Gasteiger partial charge in [0, 0.05) is 17.2 Å². The second kappa shape index (κ2) is 8.54. The molecule has 2 aromatic carbocycles. The van der Waals surface area contributed by atoms with E-state index in [2.05, 4.69) is 5.32 Å². The number of benzene rings is 2. The van der Waals surface area contributed by atoms with Crippen LogP contribution in [0.3, 0.4) is 0 Å². The number of esters is 1. The van der Waals surface area contributed by atoms with Gasteiger partial charge < -0.3 is 9.64 Å².